The SMILES string of the molecule is O=C(O)c1[nH]c(Cl)c(Cl)c1-c1ccccc1. The minimum absolute atomic E-state index is 0.00111. The molecule has 0 aliphatic rings. The Hall–Kier alpha value is -1.45. The number of nitrogens with one attached hydrogen (secondary N) is 1. The molecule has 0 fully saturated rings. The van der Waals surface area contributed by atoms with Gasteiger partial charge in [-0.15, -0.1) is 0 Å². The number of carboxylic acid groups (broad SMARTS) is 1. The van der Waals surface area contributed by atoms with Crippen molar-refractivity contribution < 1.29 is 9.90 Å². The zero-order valence-corrected chi connectivity index (χ0v) is 9.51. The fraction of sp³-hybridized carbons (Fsp3) is 0. The van der Waals surface area contributed by atoms with Crippen LogP contribution in [0.25, 0.3) is 11.1 Å². The first-order valence-electron chi connectivity index (χ1n) is 4.47. The molecule has 5 heteroatoms. The minimum Gasteiger partial charge on any atom is -0.477 e. The van der Waals surface area contributed by atoms with Gasteiger partial charge in [0.2, 0.25) is 0 Å². The Morgan fingerprint density at radius 1 is 1.19 bits per heavy atom. The molecule has 2 rings (SSSR count). The van der Waals surface area contributed by atoms with E-state index >= 15 is 0 Å². The lowest BCUT2D eigenvalue weighted by atomic mass is 10.1. The highest BCUT2D eigenvalue weighted by Gasteiger charge is 2.20. The first kappa shape index (κ1) is 11.0. The Bertz CT molecular complexity index is 534. The predicted octanol–water partition coefficient (Wildman–Crippen LogP) is 3.69. The van der Waals surface area contributed by atoms with Gasteiger partial charge in [-0.1, -0.05) is 53.5 Å². The van der Waals surface area contributed by atoms with Crippen LogP contribution >= 0.6 is 23.2 Å². The maximum atomic E-state index is 11.0. The summed E-state index contributed by atoms with van der Waals surface area (Å²) in [5, 5.41) is 9.38. The summed E-state index contributed by atoms with van der Waals surface area (Å²) in [4.78, 5) is 13.6. The Morgan fingerprint density at radius 3 is 2.38 bits per heavy atom. The summed E-state index contributed by atoms with van der Waals surface area (Å²) in [6.07, 6.45) is 0. The van der Waals surface area contributed by atoms with Crippen molar-refractivity contribution in [2.45, 2.75) is 0 Å². The van der Waals surface area contributed by atoms with Gasteiger partial charge in [-0.3, -0.25) is 0 Å². The topological polar surface area (TPSA) is 53.1 Å². The number of H-pyrrole nitrogens is 1. The van der Waals surface area contributed by atoms with E-state index in [1.165, 1.54) is 0 Å². The van der Waals surface area contributed by atoms with Crippen LogP contribution in [0.2, 0.25) is 10.2 Å². The van der Waals surface area contributed by atoms with Crippen molar-refractivity contribution in [2.75, 3.05) is 0 Å². The Labute approximate surface area is 102 Å². The summed E-state index contributed by atoms with van der Waals surface area (Å²) in [5.74, 6) is -1.09. The molecule has 0 unspecified atom stereocenters. The molecule has 2 N–H and O–H groups in total. The third-order valence-corrected chi connectivity index (χ3v) is 2.93. The highest BCUT2D eigenvalue weighted by atomic mass is 35.5. The lowest BCUT2D eigenvalue weighted by Crippen LogP contribution is -1.98. The standard InChI is InChI=1S/C11H7Cl2NO2/c12-8-7(6-4-2-1-3-5-6)9(11(15)16)14-10(8)13/h1-5,14H,(H,15,16). The van der Waals surface area contributed by atoms with E-state index in [0.29, 0.717) is 11.1 Å². The molecule has 0 aliphatic carbocycles. The van der Waals surface area contributed by atoms with Crippen molar-refractivity contribution >= 4 is 29.2 Å². The third-order valence-electron chi connectivity index (χ3n) is 2.17. The summed E-state index contributed by atoms with van der Waals surface area (Å²) in [6, 6.07) is 9.00. The van der Waals surface area contributed by atoms with Crippen LogP contribution in [0.5, 0.6) is 0 Å². The van der Waals surface area contributed by atoms with E-state index in [1.807, 2.05) is 6.07 Å². The fourth-order valence-corrected chi connectivity index (χ4v) is 1.92. The Balaban J connectivity index is 2.68. The van der Waals surface area contributed by atoms with Gasteiger partial charge >= 0.3 is 5.97 Å². The molecular weight excluding hydrogens is 249 g/mol. The minimum atomic E-state index is -1.09. The average molecular weight is 256 g/mol. The maximum Gasteiger partial charge on any atom is 0.353 e. The summed E-state index contributed by atoms with van der Waals surface area (Å²) in [5.41, 5.74) is 1.13. The second-order valence-corrected chi connectivity index (χ2v) is 3.93. The number of carboxylic acids is 1. The first-order chi connectivity index (χ1) is 7.61. The number of benzene rings is 1. The second kappa shape index (κ2) is 4.20. The van der Waals surface area contributed by atoms with Crippen LogP contribution in [0.15, 0.2) is 30.3 Å². The number of carbonyl (C=O) groups is 1. The molecular formula is C11H7Cl2NO2. The lowest BCUT2D eigenvalue weighted by Gasteiger charge is -2.00. The maximum absolute atomic E-state index is 11.0. The van der Waals surface area contributed by atoms with Crippen molar-refractivity contribution in [1.82, 2.24) is 4.98 Å². The third kappa shape index (κ3) is 1.79. The lowest BCUT2D eigenvalue weighted by molar-refractivity contribution is 0.0692. The molecule has 0 spiro atoms. The zero-order chi connectivity index (χ0) is 11.7. The van der Waals surface area contributed by atoms with Gasteiger partial charge in [-0.25, -0.2) is 4.79 Å². The number of rotatable bonds is 2. The number of halogens is 2. The molecule has 3 nitrogen and oxygen atoms in total. The molecule has 82 valence electrons. The Morgan fingerprint density at radius 2 is 1.81 bits per heavy atom. The summed E-state index contributed by atoms with van der Waals surface area (Å²) >= 11 is 11.7. The summed E-state index contributed by atoms with van der Waals surface area (Å²) in [6.45, 7) is 0. The van der Waals surface area contributed by atoms with Gasteiger partial charge in [0, 0.05) is 5.56 Å². The Kier molecular flexibility index (Phi) is 2.90. The van der Waals surface area contributed by atoms with E-state index in [9.17, 15) is 4.79 Å². The van der Waals surface area contributed by atoms with Crippen LogP contribution in [0.3, 0.4) is 0 Å². The number of hydrogen-bond acceptors (Lipinski definition) is 1. The van der Waals surface area contributed by atoms with Crippen molar-refractivity contribution in [3.63, 3.8) is 0 Å². The number of aromatic amines is 1. The molecule has 1 aromatic carbocycles. The average Bonchev–Trinajstić information content (AvgIpc) is 2.57. The quantitative estimate of drug-likeness (QED) is 0.860. The van der Waals surface area contributed by atoms with E-state index in [2.05, 4.69) is 4.98 Å². The molecule has 2 aromatic rings. The van der Waals surface area contributed by atoms with Gasteiger partial charge < -0.3 is 10.1 Å². The van der Waals surface area contributed by atoms with Crippen LogP contribution in [0.1, 0.15) is 10.5 Å². The van der Waals surface area contributed by atoms with Crippen molar-refractivity contribution in [1.29, 1.82) is 0 Å². The molecule has 1 aromatic heterocycles. The number of aromatic carboxylic acids is 1. The predicted molar refractivity (Wildman–Crippen MR) is 63.2 cm³/mol. The van der Waals surface area contributed by atoms with Gasteiger partial charge in [0.1, 0.15) is 10.8 Å². The van der Waals surface area contributed by atoms with Crippen molar-refractivity contribution in [2.24, 2.45) is 0 Å². The summed E-state index contributed by atoms with van der Waals surface area (Å²) < 4.78 is 0. The molecule has 0 bridgehead atoms. The monoisotopic (exact) mass is 255 g/mol. The molecule has 0 atom stereocenters. The van der Waals surface area contributed by atoms with Gasteiger partial charge in [0.15, 0.2) is 0 Å². The molecule has 0 aliphatic heterocycles. The second-order valence-electron chi connectivity index (χ2n) is 3.17. The molecule has 16 heavy (non-hydrogen) atoms. The van der Waals surface area contributed by atoms with E-state index in [-0.39, 0.29) is 15.9 Å². The van der Waals surface area contributed by atoms with Crippen LogP contribution in [-0.2, 0) is 0 Å². The van der Waals surface area contributed by atoms with Crippen LogP contribution in [-0.4, -0.2) is 16.1 Å². The van der Waals surface area contributed by atoms with E-state index in [4.69, 9.17) is 28.3 Å². The van der Waals surface area contributed by atoms with Crippen molar-refractivity contribution in [3.05, 3.63) is 46.2 Å². The van der Waals surface area contributed by atoms with Gasteiger partial charge in [0.05, 0.1) is 5.02 Å². The molecule has 0 saturated carbocycles. The van der Waals surface area contributed by atoms with Gasteiger partial charge in [-0.05, 0) is 5.56 Å². The van der Waals surface area contributed by atoms with Crippen LogP contribution in [0, 0.1) is 0 Å². The summed E-state index contributed by atoms with van der Waals surface area (Å²) in [7, 11) is 0. The number of aromatic nitrogens is 1. The molecule has 1 heterocycles. The smallest absolute Gasteiger partial charge is 0.353 e. The normalized spacial score (nSPS) is 10.4. The fourth-order valence-electron chi connectivity index (χ4n) is 1.48. The van der Waals surface area contributed by atoms with E-state index < -0.39 is 5.97 Å². The first-order valence-corrected chi connectivity index (χ1v) is 5.22. The highest BCUT2D eigenvalue weighted by Crippen LogP contribution is 2.36. The zero-order valence-electron chi connectivity index (χ0n) is 8.00. The van der Waals surface area contributed by atoms with Crippen molar-refractivity contribution in [3.8, 4) is 11.1 Å². The highest BCUT2D eigenvalue weighted by molar-refractivity contribution is 6.44. The molecule has 0 saturated heterocycles. The van der Waals surface area contributed by atoms with Gasteiger partial charge in [0.25, 0.3) is 0 Å². The van der Waals surface area contributed by atoms with Crippen LogP contribution < -0.4 is 0 Å². The van der Waals surface area contributed by atoms with E-state index in [1.54, 1.807) is 24.3 Å². The largest absolute Gasteiger partial charge is 0.477 e. The van der Waals surface area contributed by atoms with Crippen LogP contribution in [0.4, 0.5) is 0 Å². The molecule has 0 radical (unpaired) electrons. The van der Waals surface area contributed by atoms with Gasteiger partial charge in [-0.2, -0.15) is 0 Å². The van der Waals surface area contributed by atoms with E-state index in [0.717, 1.165) is 0 Å². The molecule has 0 amide bonds. The number of hydrogen-bond donors (Lipinski definition) is 2.